The Kier molecular flexibility index (Phi) is 2.74. The van der Waals surface area contributed by atoms with Gasteiger partial charge in [-0.15, -0.1) is 0 Å². The van der Waals surface area contributed by atoms with Crippen molar-refractivity contribution in [2.75, 3.05) is 0 Å². The van der Waals surface area contributed by atoms with E-state index in [1.807, 2.05) is 42.5 Å². The Morgan fingerprint density at radius 1 is 0.500 bits per heavy atom. The predicted octanol–water partition coefficient (Wildman–Crippen LogP) is 6.08. The predicted molar refractivity (Wildman–Crippen MR) is 98.2 cm³/mol. The van der Waals surface area contributed by atoms with Crippen LogP contribution in [-0.2, 0) is 0 Å². The van der Waals surface area contributed by atoms with Crippen LogP contribution in [0.1, 0.15) is 0 Å². The summed E-state index contributed by atoms with van der Waals surface area (Å²) in [5, 5.41) is 3.99. The van der Waals surface area contributed by atoms with Gasteiger partial charge in [-0.1, -0.05) is 60.7 Å². The molecule has 0 amide bonds. The van der Waals surface area contributed by atoms with Crippen molar-refractivity contribution in [2.24, 2.45) is 0 Å². The van der Waals surface area contributed by atoms with E-state index in [1.54, 1.807) is 6.07 Å². The molecule has 1 aromatic heterocycles. The van der Waals surface area contributed by atoms with Crippen molar-refractivity contribution >= 4 is 32.6 Å². The Labute approximate surface area is 138 Å². The first-order chi connectivity index (χ1) is 11.8. The quantitative estimate of drug-likeness (QED) is 0.354. The monoisotopic (exact) mass is 311 g/mol. The zero-order chi connectivity index (χ0) is 16.1. The molecule has 1 nitrogen and oxygen atoms in total. The summed E-state index contributed by atoms with van der Waals surface area (Å²) in [6, 6.07) is 27.8. The van der Waals surface area contributed by atoms with E-state index >= 15 is 0 Å². The SMILES string of the molecule is Fc1ccc(-n2c3ccccc3c3ccccc32)c2ccccc12. The second-order valence-corrected chi connectivity index (χ2v) is 5.98. The number of hydrogen-bond acceptors (Lipinski definition) is 0. The number of nitrogens with zero attached hydrogens (tertiary/aromatic N) is 1. The summed E-state index contributed by atoms with van der Waals surface area (Å²) in [6.45, 7) is 0. The van der Waals surface area contributed by atoms with Crippen molar-refractivity contribution in [3.63, 3.8) is 0 Å². The lowest BCUT2D eigenvalue weighted by Crippen LogP contribution is -1.96. The summed E-state index contributed by atoms with van der Waals surface area (Å²) < 4.78 is 16.5. The minimum Gasteiger partial charge on any atom is -0.309 e. The zero-order valence-electron chi connectivity index (χ0n) is 12.9. The van der Waals surface area contributed by atoms with Crippen molar-refractivity contribution in [1.82, 2.24) is 4.57 Å². The van der Waals surface area contributed by atoms with Gasteiger partial charge >= 0.3 is 0 Å². The van der Waals surface area contributed by atoms with Crippen LogP contribution in [0.4, 0.5) is 4.39 Å². The molecule has 0 aliphatic carbocycles. The highest BCUT2D eigenvalue weighted by molar-refractivity contribution is 6.10. The maximum absolute atomic E-state index is 14.2. The summed E-state index contributed by atoms with van der Waals surface area (Å²) in [5.41, 5.74) is 3.27. The second-order valence-electron chi connectivity index (χ2n) is 5.98. The average molecular weight is 311 g/mol. The first kappa shape index (κ1) is 13.3. The fraction of sp³-hybridized carbons (Fsp3) is 0. The molecule has 24 heavy (non-hydrogen) atoms. The van der Waals surface area contributed by atoms with Crippen LogP contribution in [0.2, 0.25) is 0 Å². The molecule has 5 aromatic rings. The summed E-state index contributed by atoms with van der Waals surface area (Å²) in [7, 11) is 0. The van der Waals surface area contributed by atoms with Crippen LogP contribution < -0.4 is 0 Å². The third kappa shape index (κ3) is 1.74. The van der Waals surface area contributed by atoms with Crippen LogP contribution in [0, 0.1) is 5.82 Å². The lowest BCUT2D eigenvalue weighted by atomic mass is 10.1. The Bertz CT molecular complexity index is 1160. The highest BCUT2D eigenvalue weighted by atomic mass is 19.1. The van der Waals surface area contributed by atoms with Crippen LogP contribution in [0.15, 0.2) is 84.9 Å². The summed E-state index contributed by atoms with van der Waals surface area (Å²) >= 11 is 0. The van der Waals surface area contributed by atoms with Gasteiger partial charge in [-0.3, -0.25) is 0 Å². The van der Waals surface area contributed by atoms with E-state index in [-0.39, 0.29) is 5.82 Å². The largest absolute Gasteiger partial charge is 0.309 e. The van der Waals surface area contributed by atoms with Gasteiger partial charge in [0.15, 0.2) is 0 Å². The third-order valence-electron chi connectivity index (χ3n) is 4.67. The van der Waals surface area contributed by atoms with Gasteiger partial charge in [-0.05, 0) is 24.3 Å². The summed E-state index contributed by atoms with van der Waals surface area (Å²) in [6.07, 6.45) is 0. The van der Waals surface area contributed by atoms with Gasteiger partial charge in [0.25, 0.3) is 0 Å². The third-order valence-corrected chi connectivity index (χ3v) is 4.67. The van der Waals surface area contributed by atoms with Crippen LogP contribution in [0.25, 0.3) is 38.3 Å². The molecule has 0 atom stereocenters. The molecule has 4 aromatic carbocycles. The average Bonchev–Trinajstić information content (AvgIpc) is 2.97. The number of halogens is 1. The summed E-state index contributed by atoms with van der Waals surface area (Å²) in [4.78, 5) is 0. The number of fused-ring (bicyclic) bond motifs is 4. The highest BCUT2D eigenvalue weighted by Gasteiger charge is 2.14. The summed E-state index contributed by atoms with van der Waals surface area (Å²) in [5.74, 6) is -0.185. The Morgan fingerprint density at radius 3 is 1.62 bits per heavy atom. The van der Waals surface area contributed by atoms with Crippen molar-refractivity contribution in [2.45, 2.75) is 0 Å². The van der Waals surface area contributed by atoms with E-state index in [1.165, 1.54) is 10.8 Å². The molecular weight excluding hydrogens is 297 g/mol. The Balaban J connectivity index is 2.02. The van der Waals surface area contributed by atoms with E-state index < -0.39 is 0 Å². The van der Waals surface area contributed by atoms with Crippen LogP contribution >= 0.6 is 0 Å². The lowest BCUT2D eigenvalue weighted by Gasteiger charge is -2.12. The van der Waals surface area contributed by atoms with Crippen molar-refractivity contribution in [3.05, 3.63) is 90.7 Å². The molecule has 2 heteroatoms. The van der Waals surface area contributed by atoms with Gasteiger partial charge in [0.05, 0.1) is 16.7 Å². The van der Waals surface area contributed by atoms with Crippen molar-refractivity contribution in [3.8, 4) is 5.69 Å². The van der Waals surface area contributed by atoms with Crippen LogP contribution in [0.3, 0.4) is 0 Å². The fourth-order valence-electron chi connectivity index (χ4n) is 3.62. The van der Waals surface area contributed by atoms with Crippen molar-refractivity contribution in [1.29, 1.82) is 0 Å². The molecule has 5 rings (SSSR count). The lowest BCUT2D eigenvalue weighted by molar-refractivity contribution is 0.639. The fourth-order valence-corrected chi connectivity index (χ4v) is 3.62. The van der Waals surface area contributed by atoms with Gasteiger partial charge in [0.1, 0.15) is 5.82 Å². The number of benzene rings is 4. The minimum absolute atomic E-state index is 0.185. The molecule has 1 heterocycles. The van der Waals surface area contributed by atoms with Crippen LogP contribution in [0.5, 0.6) is 0 Å². The minimum atomic E-state index is -0.185. The van der Waals surface area contributed by atoms with E-state index in [4.69, 9.17) is 0 Å². The first-order valence-corrected chi connectivity index (χ1v) is 8.00. The van der Waals surface area contributed by atoms with E-state index in [0.29, 0.717) is 5.39 Å². The molecule has 0 unspecified atom stereocenters. The molecule has 0 spiro atoms. The smallest absolute Gasteiger partial charge is 0.131 e. The van der Waals surface area contributed by atoms with Gasteiger partial charge < -0.3 is 4.57 Å². The number of hydrogen-bond donors (Lipinski definition) is 0. The normalized spacial score (nSPS) is 11.5. The number of para-hydroxylation sites is 2. The second kappa shape index (κ2) is 4.93. The van der Waals surface area contributed by atoms with E-state index in [0.717, 1.165) is 22.1 Å². The topological polar surface area (TPSA) is 4.93 Å². The first-order valence-electron chi connectivity index (χ1n) is 8.00. The molecule has 114 valence electrons. The van der Waals surface area contributed by atoms with Gasteiger partial charge in [0, 0.05) is 21.5 Å². The molecule has 0 bridgehead atoms. The molecule has 0 fully saturated rings. The van der Waals surface area contributed by atoms with Gasteiger partial charge in [-0.25, -0.2) is 4.39 Å². The molecule has 0 saturated heterocycles. The molecular formula is C22H14FN. The van der Waals surface area contributed by atoms with E-state index in [9.17, 15) is 4.39 Å². The maximum Gasteiger partial charge on any atom is 0.131 e. The number of rotatable bonds is 1. The molecule has 0 N–H and O–H groups in total. The van der Waals surface area contributed by atoms with Crippen molar-refractivity contribution < 1.29 is 4.39 Å². The Hall–Kier alpha value is -3.13. The zero-order valence-corrected chi connectivity index (χ0v) is 12.9. The van der Waals surface area contributed by atoms with Gasteiger partial charge in [0.2, 0.25) is 0 Å². The molecule has 0 aliphatic heterocycles. The Morgan fingerprint density at radius 2 is 1.00 bits per heavy atom. The maximum atomic E-state index is 14.2. The standard InChI is InChI=1S/C22H14FN/c23-19-13-14-22(16-8-2-1-7-15(16)19)24-20-11-5-3-9-17(20)18-10-4-6-12-21(18)24/h1-14H. The molecule has 0 saturated carbocycles. The molecule has 0 radical (unpaired) electrons. The van der Waals surface area contributed by atoms with Gasteiger partial charge in [-0.2, -0.15) is 0 Å². The van der Waals surface area contributed by atoms with E-state index in [2.05, 4.69) is 41.0 Å². The molecule has 0 aliphatic rings. The highest BCUT2D eigenvalue weighted by Crippen LogP contribution is 2.34. The van der Waals surface area contributed by atoms with Crippen LogP contribution in [-0.4, -0.2) is 4.57 Å². The number of aromatic nitrogens is 1.